The molecule has 0 aliphatic carbocycles. The third-order valence-corrected chi connectivity index (χ3v) is 4.34. The van der Waals surface area contributed by atoms with E-state index in [4.69, 9.17) is 5.73 Å². The normalized spacial score (nSPS) is 13.8. The molecule has 5 heteroatoms. The smallest absolute Gasteiger partial charge is 0.157 e. The van der Waals surface area contributed by atoms with Gasteiger partial charge in [-0.25, -0.2) is 9.97 Å². The van der Waals surface area contributed by atoms with E-state index in [9.17, 15) is 0 Å². The van der Waals surface area contributed by atoms with Crippen LogP contribution in [0.1, 0.15) is 25.0 Å². The minimum atomic E-state index is 0.686. The van der Waals surface area contributed by atoms with Gasteiger partial charge < -0.3 is 15.5 Å². The lowest BCUT2D eigenvalue weighted by molar-refractivity contribution is 0.719. The highest BCUT2D eigenvalue weighted by Crippen LogP contribution is 2.31. The van der Waals surface area contributed by atoms with Gasteiger partial charge in [-0.1, -0.05) is 24.3 Å². The molecular weight excluding hydrogens is 274 g/mol. The number of hydrogen-bond donors (Lipinski definition) is 1. The molecule has 0 saturated carbocycles. The third-order valence-electron chi connectivity index (χ3n) is 4.34. The van der Waals surface area contributed by atoms with Gasteiger partial charge in [0, 0.05) is 26.2 Å². The molecule has 2 aromatic rings. The number of benzene rings is 1. The van der Waals surface area contributed by atoms with Gasteiger partial charge in [0.2, 0.25) is 0 Å². The third kappa shape index (κ3) is 2.58. The Balaban J connectivity index is 1.92. The number of anilines is 3. The van der Waals surface area contributed by atoms with Crippen LogP contribution < -0.4 is 15.5 Å². The van der Waals surface area contributed by atoms with Gasteiger partial charge in [-0.2, -0.15) is 0 Å². The van der Waals surface area contributed by atoms with Crippen molar-refractivity contribution in [1.82, 2.24) is 9.97 Å². The summed E-state index contributed by atoms with van der Waals surface area (Å²) in [7, 11) is 0. The molecule has 0 spiro atoms. The molecule has 116 valence electrons. The first kappa shape index (κ1) is 14.6. The summed E-state index contributed by atoms with van der Waals surface area (Å²) in [5.41, 5.74) is 9.85. The van der Waals surface area contributed by atoms with Crippen LogP contribution in [0.5, 0.6) is 0 Å². The Hall–Kier alpha value is -2.30. The van der Waals surface area contributed by atoms with Gasteiger partial charge in [0.05, 0.1) is 0 Å². The quantitative estimate of drug-likeness (QED) is 0.939. The zero-order valence-corrected chi connectivity index (χ0v) is 13.3. The van der Waals surface area contributed by atoms with Gasteiger partial charge in [0.1, 0.15) is 12.0 Å². The molecule has 22 heavy (non-hydrogen) atoms. The number of nitrogen functional groups attached to an aromatic ring is 1. The van der Waals surface area contributed by atoms with Crippen LogP contribution in [0.25, 0.3) is 0 Å². The number of rotatable bonds is 4. The highest BCUT2D eigenvalue weighted by Gasteiger charge is 2.21. The Morgan fingerprint density at radius 1 is 1.14 bits per heavy atom. The molecule has 0 amide bonds. The van der Waals surface area contributed by atoms with E-state index in [2.05, 4.69) is 57.9 Å². The molecule has 5 nitrogen and oxygen atoms in total. The monoisotopic (exact) mass is 297 g/mol. The van der Waals surface area contributed by atoms with Gasteiger partial charge >= 0.3 is 0 Å². The molecule has 1 aromatic heterocycles. The Morgan fingerprint density at radius 2 is 1.86 bits per heavy atom. The largest absolute Gasteiger partial charge is 0.393 e. The fraction of sp³-hybridized carbons (Fsp3) is 0.412. The summed E-state index contributed by atoms with van der Waals surface area (Å²) < 4.78 is 0. The lowest BCUT2D eigenvalue weighted by Crippen LogP contribution is -2.32. The second-order valence-electron chi connectivity index (χ2n) is 5.55. The molecule has 2 N–H and O–H groups in total. The van der Waals surface area contributed by atoms with Gasteiger partial charge in [-0.05, 0) is 31.4 Å². The average Bonchev–Trinajstić information content (AvgIpc) is 2.57. The summed E-state index contributed by atoms with van der Waals surface area (Å²) in [5.74, 6) is 1.69. The van der Waals surface area contributed by atoms with Gasteiger partial charge in [0.15, 0.2) is 11.6 Å². The number of nitrogens with zero attached hydrogens (tertiary/aromatic N) is 4. The Bertz CT molecular complexity index is 651. The van der Waals surface area contributed by atoms with Crippen molar-refractivity contribution in [1.29, 1.82) is 0 Å². The van der Waals surface area contributed by atoms with Crippen molar-refractivity contribution < 1.29 is 0 Å². The van der Waals surface area contributed by atoms with E-state index < -0.39 is 0 Å². The van der Waals surface area contributed by atoms with E-state index in [0.717, 1.165) is 44.2 Å². The maximum Gasteiger partial charge on any atom is 0.157 e. The van der Waals surface area contributed by atoms with Crippen molar-refractivity contribution in [2.75, 3.05) is 35.2 Å². The summed E-state index contributed by atoms with van der Waals surface area (Å²) >= 11 is 0. The molecule has 0 bridgehead atoms. The molecule has 0 fully saturated rings. The molecule has 1 aromatic carbocycles. The number of fused-ring (bicyclic) bond motifs is 1. The van der Waals surface area contributed by atoms with E-state index >= 15 is 0 Å². The number of hydrogen-bond acceptors (Lipinski definition) is 5. The SMILES string of the molecule is CCN(CC)c1ncnc(N2CCc3ccccc3C2)c1N. The molecule has 0 radical (unpaired) electrons. The molecule has 0 atom stereocenters. The predicted molar refractivity (Wildman–Crippen MR) is 91.2 cm³/mol. The topological polar surface area (TPSA) is 58.3 Å². The predicted octanol–water partition coefficient (Wildman–Crippen LogP) is 2.47. The van der Waals surface area contributed by atoms with Crippen LogP contribution in [0, 0.1) is 0 Å². The second-order valence-corrected chi connectivity index (χ2v) is 5.55. The fourth-order valence-electron chi connectivity index (χ4n) is 3.08. The molecule has 1 aliphatic heterocycles. The molecule has 0 saturated heterocycles. The maximum absolute atomic E-state index is 6.38. The zero-order valence-electron chi connectivity index (χ0n) is 13.3. The maximum atomic E-state index is 6.38. The summed E-state index contributed by atoms with van der Waals surface area (Å²) in [6.45, 7) is 7.80. The Kier molecular flexibility index (Phi) is 4.13. The van der Waals surface area contributed by atoms with E-state index in [-0.39, 0.29) is 0 Å². The minimum Gasteiger partial charge on any atom is -0.393 e. The fourth-order valence-corrected chi connectivity index (χ4v) is 3.08. The van der Waals surface area contributed by atoms with Crippen molar-refractivity contribution in [2.24, 2.45) is 0 Å². The van der Waals surface area contributed by atoms with E-state index in [1.165, 1.54) is 11.1 Å². The van der Waals surface area contributed by atoms with Crippen molar-refractivity contribution >= 4 is 17.3 Å². The van der Waals surface area contributed by atoms with Crippen molar-refractivity contribution in [2.45, 2.75) is 26.8 Å². The Morgan fingerprint density at radius 3 is 2.59 bits per heavy atom. The van der Waals surface area contributed by atoms with Crippen LogP contribution in [0.4, 0.5) is 17.3 Å². The first-order valence-electron chi connectivity index (χ1n) is 7.91. The van der Waals surface area contributed by atoms with E-state index in [0.29, 0.717) is 5.69 Å². The first-order valence-corrected chi connectivity index (χ1v) is 7.91. The van der Waals surface area contributed by atoms with Crippen LogP contribution in [0.2, 0.25) is 0 Å². The highest BCUT2D eigenvalue weighted by molar-refractivity contribution is 5.76. The molecule has 1 aliphatic rings. The van der Waals surface area contributed by atoms with E-state index in [1.54, 1.807) is 6.33 Å². The Labute approximate surface area is 131 Å². The molecule has 0 unspecified atom stereocenters. The van der Waals surface area contributed by atoms with Crippen molar-refractivity contribution in [3.63, 3.8) is 0 Å². The summed E-state index contributed by atoms with van der Waals surface area (Å²) in [5, 5.41) is 0. The van der Waals surface area contributed by atoms with Gasteiger partial charge in [-0.15, -0.1) is 0 Å². The van der Waals surface area contributed by atoms with Crippen LogP contribution in [0.15, 0.2) is 30.6 Å². The lowest BCUT2D eigenvalue weighted by Gasteiger charge is -2.31. The highest BCUT2D eigenvalue weighted by atomic mass is 15.2. The molecule has 3 rings (SSSR count). The van der Waals surface area contributed by atoms with Crippen molar-refractivity contribution in [3.8, 4) is 0 Å². The van der Waals surface area contributed by atoms with Crippen LogP contribution >= 0.6 is 0 Å². The second kappa shape index (κ2) is 6.22. The van der Waals surface area contributed by atoms with Crippen LogP contribution in [0.3, 0.4) is 0 Å². The minimum absolute atomic E-state index is 0.686. The van der Waals surface area contributed by atoms with Crippen LogP contribution in [-0.2, 0) is 13.0 Å². The average molecular weight is 297 g/mol. The van der Waals surface area contributed by atoms with Gasteiger partial charge in [0.25, 0.3) is 0 Å². The molecule has 2 heterocycles. The summed E-state index contributed by atoms with van der Waals surface area (Å²) in [4.78, 5) is 13.3. The summed E-state index contributed by atoms with van der Waals surface area (Å²) in [6.07, 6.45) is 2.65. The number of aromatic nitrogens is 2. The van der Waals surface area contributed by atoms with Gasteiger partial charge in [-0.3, -0.25) is 0 Å². The lowest BCUT2D eigenvalue weighted by atomic mass is 10.00. The first-order chi connectivity index (χ1) is 10.7. The number of nitrogens with two attached hydrogens (primary N) is 1. The molecular formula is C17H23N5. The summed E-state index contributed by atoms with van der Waals surface area (Å²) in [6, 6.07) is 8.58. The van der Waals surface area contributed by atoms with E-state index in [1.807, 2.05) is 0 Å². The van der Waals surface area contributed by atoms with Crippen LogP contribution in [-0.4, -0.2) is 29.6 Å². The zero-order chi connectivity index (χ0) is 15.5. The standard InChI is InChI=1S/C17H23N5/c1-3-21(4-2)16-15(18)17(20-12-19-16)22-10-9-13-7-5-6-8-14(13)11-22/h5-8,12H,3-4,9-11,18H2,1-2H3. The van der Waals surface area contributed by atoms with Crippen molar-refractivity contribution in [3.05, 3.63) is 41.7 Å².